The fraction of sp³-hybridized carbons (Fsp3) is 0.462. The number of amides is 4. The van der Waals surface area contributed by atoms with Crippen LogP contribution in [0.15, 0.2) is 42.6 Å². The van der Waals surface area contributed by atoms with Crippen LogP contribution in [0.3, 0.4) is 0 Å². The third-order valence-electron chi connectivity index (χ3n) is 7.44. The second kappa shape index (κ2) is 9.93. The number of carbonyl (C=O) groups is 3. The number of benzene rings is 1. The number of nitrogens with one attached hydrogen (secondary N) is 1. The van der Waals surface area contributed by atoms with Crippen LogP contribution in [0.2, 0.25) is 0 Å². The lowest BCUT2D eigenvalue weighted by Gasteiger charge is -2.40. The Morgan fingerprint density at radius 2 is 1.92 bits per heavy atom. The van der Waals surface area contributed by atoms with Crippen molar-refractivity contribution in [3.8, 4) is 0 Å². The summed E-state index contributed by atoms with van der Waals surface area (Å²) in [4.78, 5) is 47.0. The van der Waals surface area contributed by atoms with Gasteiger partial charge in [-0.25, -0.2) is 13.6 Å². The number of carbonyl (C=O) groups excluding carboxylic acids is 3. The first-order chi connectivity index (χ1) is 17.4. The quantitative estimate of drug-likeness (QED) is 0.619. The minimum atomic E-state index is -1.33. The number of hydrogen-bond acceptors (Lipinski definition) is 5. The van der Waals surface area contributed by atoms with Crippen molar-refractivity contribution in [2.24, 2.45) is 5.92 Å². The van der Waals surface area contributed by atoms with Gasteiger partial charge >= 0.3 is 6.03 Å². The number of piperidine rings is 1. The third kappa shape index (κ3) is 4.34. The van der Waals surface area contributed by atoms with Crippen LogP contribution in [-0.4, -0.2) is 65.0 Å². The first-order valence-corrected chi connectivity index (χ1v) is 12.3. The molecule has 0 radical (unpaired) electrons. The number of rotatable bonds is 6. The molecule has 3 aliphatic heterocycles. The molecule has 2 unspecified atom stereocenters. The molecule has 10 heteroatoms. The van der Waals surface area contributed by atoms with Gasteiger partial charge in [0.1, 0.15) is 0 Å². The molecule has 1 aromatic carbocycles. The largest absolute Gasteiger partial charge is 0.376 e. The standard InChI is InChI=1S/C26H28F2N4O4/c27-20-7-3-5-17(23(20)28)15-22(33)31-12-9-18(10-13-31)26(21-8-1-2-11-29-21)24(34)32(25(35)30-26)16-19-6-4-14-36-19/h1-3,5,7-8,11,18-19H,4,6,9-10,12-16H2,(H,30,35). The molecular weight excluding hydrogens is 470 g/mol. The topological polar surface area (TPSA) is 91.8 Å². The summed E-state index contributed by atoms with van der Waals surface area (Å²) in [5, 5.41) is 2.95. The zero-order valence-electron chi connectivity index (χ0n) is 19.8. The van der Waals surface area contributed by atoms with E-state index in [1.165, 1.54) is 17.0 Å². The monoisotopic (exact) mass is 498 g/mol. The molecule has 8 nitrogen and oxygen atoms in total. The van der Waals surface area contributed by atoms with Gasteiger partial charge in [0.25, 0.3) is 5.91 Å². The highest BCUT2D eigenvalue weighted by atomic mass is 19.2. The van der Waals surface area contributed by atoms with Crippen LogP contribution in [0.1, 0.15) is 36.9 Å². The first-order valence-electron chi connectivity index (χ1n) is 12.3. The molecule has 4 heterocycles. The molecule has 0 aliphatic carbocycles. The normalized spacial score (nSPS) is 24.9. The lowest BCUT2D eigenvalue weighted by atomic mass is 9.75. The number of halogens is 2. The Balaban J connectivity index is 1.33. The number of imide groups is 1. The highest BCUT2D eigenvalue weighted by Crippen LogP contribution is 2.41. The van der Waals surface area contributed by atoms with Crippen LogP contribution in [0.4, 0.5) is 13.6 Å². The van der Waals surface area contributed by atoms with Crippen molar-refractivity contribution in [1.29, 1.82) is 0 Å². The molecule has 3 saturated heterocycles. The Kier molecular flexibility index (Phi) is 6.70. The zero-order chi connectivity index (χ0) is 25.3. The lowest BCUT2D eigenvalue weighted by Crippen LogP contribution is -2.55. The molecule has 190 valence electrons. The molecule has 36 heavy (non-hydrogen) atoms. The van der Waals surface area contributed by atoms with Crippen molar-refractivity contribution in [1.82, 2.24) is 20.1 Å². The maximum Gasteiger partial charge on any atom is 0.325 e. The van der Waals surface area contributed by atoms with Gasteiger partial charge in [-0.15, -0.1) is 0 Å². The van der Waals surface area contributed by atoms with Crippen molar-refractivity contribution in [3.05, 3.63) is 65.5 Å². The Morgan fingerprint density at radius 3 is 2.61 bits per heavy atom. The van der Waals surface area contributed by atoms with E-state index in [4.69, 9.17) is 4.74 Å². The summed E-state index contributed by atoms with van der Waals surface area (Å²) in [6.45, 7) is 1.45. The Bertz CT molecular complexity index is 1150. The second-order valence-electron chi connectivity index (χ2n) is 9.55. The number of hydrogen-bond donors (Lipinski definition) is 1. The Labute approximate surface area is 207 Å². The fourth-order valence-corrected chi connectivity index (χ4v) is 5.53. The smallest absolute Gasteiger partial charge is 0.325 e. The molecule has 3 fully saturated rings. The van der Waals surface area contributed by atoms with Gasteiger partial charge in [0.2, 0.25) is 5.91 Å². The highest BCUT2D eigenvalue weighted by molar-refractivity contribution is 6.07. The Morgan fingerprint density at radius 1 is 1.11 bits per heavy atom. The summed E-state index contributed by atoms with van der Waals surface area (Å²) in [5.74, 6) is -2.96. The number of pyridine rings is 1. The predicted octanol–water partition coefficient (Wildman–Crippen LogP) is 2.77. The lowest BCUT2D eigenvalue weighted by molar-refractivity contribution is -0.137. The van der Waals surface area contributed by atoms with Crippen LogP contribution in [0, 0.1) is 17.6 Å². The van der Waals surface area contributed by atoms with Crippen molar-refractivity contribution >= 4 is 17.8 Å². The van der Waals surface area contributed by atoms with Gasteiger partial charge in [0.05, 0.1) is 24.8 Å². The number of aromatic nitrogens is 1. The number of ether oxygens (including phenoxy) is 1. The van der Waals surface area contributed by atoms with E-state index >= 15 is 0 Å². The van der Waals surface area contributed by atoms with Crippen molar-refractivity contribution in [2.75, 3.05) is 26.2 Å². The molecule has 1 aromatic heterocycles. The van der Waals surface area contributed by atoms with Gasteiger partial charge in [-0.05, 0) is 43.9 Å². The molecule has 2 atom stereocenters. The summed E-state index contributed by atoms with van der Waals surface area (Å²) < 4.78 is 33.2. The van der Waals surface area contributed by atoms with E-state index in [-0.39, 0.29) is 42.4 Å². The van der Waals surface area contributed by atoms with E-state index in [2.05, 4.69) is 10.3 Å². The zero-order valence-corrected chi connectivity index (χ0v) is 19.8. The van der Waals surface area contributed by atoms with Gasteiger partial charge in [-0.1, -0.05) is 18.2 Å². The summed E-state index contributed by atoms with van der Waals surface area (Å²) in [5.41, 5.74) is -0.860. The van der Waals surface area contributed by atoms with Crippen LogP contribution < -0.4 is 5.32 Å². The summed E-state index contributed by atoms with van der Waals surface area (Å²) in [6.07, 6.45) is 3.73. The summed E-state index contributed by atoms with van der Waals surface area (Å²) in [6, 6.07) is 8.57. The van der Waals surface area contributed by atoms with E-state index in [9.17, 15) is 23.2 Å². The van der Waals surface area contributed by atoms with E-state index in [1.807, 2.05) is 0 Å². The van der Waals surface area contributed by atoms with Crippen LogP contribution in [-0.2, 0) is 26.3 Å². The third-order valence-corrected chi connectivity index (χ3v) is 7.44. The summed E-state index contributed by atoms with van der Waals surface area (Å²) >= 11 is 0. The second-order valence-corrected chi connectivity index (χ2v) is 9.55. The van der Waals surface area contributed by atoms with E-state index in [1.54, 1.807) is 29.3 Å². The fourth-order valence-electron chi connectivity index (χ4n) is 5.53. The molecule has 0 saturated carbocycles. The molecule has 0 spiro atoms. The van der Waals surface area contributed by atoms with Crippen molar-refractivity contribution < 1.29 is 27.9 Å². The number of likely N-dealkylation sites (tertiary alicyclic amines) is 1. The average molecular weight is 499 g/mol. The van der Waals surface area contributed by atoms with Crippen LogP contribution in [0.5, 0.6) is 0 Å². The van der Waals surface area contributed by atoms with E-state index < -0.39 is 23.2 Å². The van der Waals surface area contributed by atoms with Gasteiger partial charge in [-0.2, -0.15) is 0 Å². The van der Waals surface area contributed by atoms with Crippen molar-refractivity contribution in [3.63, 3.8) is 0 Å². The maximum atomic E-state index is 14.1. The molecular formula is C26H28F2N4O4. The molecule has 3 aliphatic rings. The molecule has 1 N–H and O–H groups in total. The highest BCUT2D eigenvalue weighted by Gasteiger charge is 2.58. The van der Waals surface area contributed by atoms with Gasteiger partial charge < -0.3 is 15.0 Å². The first kappa shape index (κ1) is 24.3. The predicted molar refractivity (Wildman–Crippen MR) is 124 cm³/mol. The van der Waals surface area contributed by atoms with Gasteiger partial charge in [-0.3, -0.25) is 19.5 Å². The van der Waals surface area contributed by atoms with Crippen LogP contribution >= 0.6 is 0 Å². The number of urea groups is 1. The van der Waals surface area contributed by atoms with Crippen LogP contribution in [0.25, 0.3) is 0 Å². The Hall–Kier alpha value is -3.40. The van der Waals surface area contributed by atoms with Gasteiger partial charge in [0, 0.05) is 37.4 Å². The SMILES string of the molecule is O=C(Cc1cccc(F)c1F)N1CCC(C2(c3ccccn3)NC(=O)N(CC3CCCO3)C2=O)CC1. The van der Waals surface area contributed by atoms with Gasteiger partial charge in [0.15, 0.2) is 17.2 Å². The molecule has 2 aromatic rings. The average Bonchev–Trinajstić information content (AvgIpc) is 3.50. The van der Waals surface area contributed by atoms with Crippen molar-refractivity contribution in [2.45, 2.75) is 43.7 Å². The molecule has 5 rings (SSSR count). The molecule has 4 amide bonds. The minimum Gasteiger partial charge on any atom is -0.376 e. The summed E-state index contributed by atoms with van der Waals surface area (Å²) in [7, 11) is 0. The minimum absolute atomic E-state index is 0.00934. The maximum absolute atomic E-state index is 14.1. The van der Waals surface area contributed by atoms with E-state index in [0.29, 0.717) is 38.2 Å². The molecule has 0 bridgehead atoms. The van der Waals surface area contributed by atoms with E-state index in [0.717, 1.165) is 18.9 Å². The number of nitrogens with zero attached hydrogens (tertiary/aromatic N) is 3.